The average Bonchev–Trinajstić information content (AvgIpc) is 3.10. The third-order valence-corrected chi connectivity index (χ3v) is 7.08. The quantitative estimate of drug-likeness (QED) is 0.694. The van der Waals surface area contributed by atoms with E-state index in [0.29, 0.717) is 23.4 Å². The maximum atomic E-state index is 12.1. The molecule has 1 aromatic carbocycles. The molecule has 0 spiro atoms. The second-order valence-electron chi connectivity index (χ2n) is 9.52. The first-order valence-electron chi connectivity index (χ1n) is 11.4. The van der Waals surface area contributed by atoms with E-state index in [1.165, 1.54) is 34.0 Å². The number of aromatic amines is 1. The van der Waals surface area contributed by atoms with Gasteiger partial charge in [-0.25, -0.2) is 4.68 Å². The van der Waals surface area contributed by atoms with Crippen LogP contribution in [0, 0.1) is 6.92 Å². The van der Waals surface area contributed by atoms with Crippen LogP contribution in [0.1, 0.15) is 55.2 Å². The fourth-order valence-electron chi connectivity index (χ4n) is 5.20. The average molecular weight is 421 g/mol. The normalized spacial score (nSPS) is 18.7. The number of aromatic nitrogens is 3. The fourth-order valence-corrected chi connectivity index (χ4v) is 5.20. The number of hydrogen-bond donors (Lipinski definition) is 1. The molecule has 6 nitrogen and oxygen atoms in total. The largest absolute Gasteiger partial charge is 0.378 e. The van der Waals surface area contributed by atoms with Crippen LogP contribution in [0.4, 0.5) is 0 Å². The van der Waals surface area contributed by atoms with Crippen molar-refractivity contribution >= 4 is 10.9 Å². The van der Waals surface area contributed by atoms with E-state index in [0.717, 1.165) is 43.2 Å². The van der Waals surface area contributed by atoms with E-state index in [1.54, 1.807) is 7.05 Å². The Labute approximate surface area is 183 Å². The molecule has 2 aliphatic rings. The zero-order valence-electron chi connectivity index (χ0n) is 18.9. The van der Waals surface area contributed by atoms with Crippen LogP contribution in [-0.2, 0) is 11.8 Å². The number of nitrogens with one attached hydrogen (secondary N) is 1. The molecular formula is C25H32N4O2. The summed E-state index contributed by atoms with van der Waals surface area (Å²) < 4.78 is 6.81. The summed E-state index contributed by atoms with van der Waals surface area (Å²) in [5, 5.41) is 5.83. The minimum Gasteiger partial charge on any atom is -0.378 e. The van der Waals surface area contributed by atoms with Gasteiger partial charge in [0.2, 0.25) is 0 Å². The SMILES string of the molecule is Cc1cc(-c2[nH]c3ccc(C4CCN(C5COC5)CC4)cc3c2C(C)C)nn(C)c1=O. The van der Waals surface area contributed by atoms with E-state index in [2.05, 4.69) is 47.0 Å². The van der Waals surface area contributed by atoms with Crippen molar-refractivity contribution in [2.45, 2.75) is 51.5 Å². The lowest BCUT2D eigenvalue weighted by Gasteiger charge is -2.41. The molecule has 164 valence electrons. The molecule has 2 aromatic heterocycles. The molecule has 2 fully saturated rings. The number of likely N-dealkylation sites (tertiary alicyclic amines) is 1. The minimum absolute atomic E-state index is 0.0481. The van der Waals surface area contributed by atoms with Gasteiger partial charge < -0.3 is 9.72 Å². The van der Waals surface area contributed by atoms with Gasteiger partial charge >= 0.3 is 0 Å². The summed E-state index contributed by atoms with van der Waals surface area (Å²) in [5.74, 6) is 0.955. The third kappa shape index (κ3) is 3.62. The Morgan fingerprint density at radius 1 is 1.16 bits per heavy atom. The number of ether oxygens (including phenoxy) is 1. The Kier molecular flexibility index (Phi) is 5.22. The van der Waals surface area contributed by atoms with Crippen molar-refractivity contribution in [3.63, 3.8) is 0 Å². The number of benzene rings is 1. The first kappa shape index (κ1) is 20.5. The van der Waals surface area contributed by atoms with Gasteiger partial charge in [-0.1, -0.05) is 19.9 Å². The van der Waals surface area contributed by atoms with E-state index < -0.39 is 0 Å². The Hall–Kier alpha value is -2.44. The predicted molar refractivity (Wildman–Crippen MR) is 124 cm³/mol. The second kappa shape index (κ2) is 7.92. The number of piperidine rings is 1. The zero-order valence-corrected chi connectivity index (χ0v) is 18.9. The van der Waals surface area contributed by atoms with Gasteiger partial charge in [0, 0.05) is 23.5 Å². The van der Waals surface area contributed by atoms with E-state index >= 15 is 0 Å². The molecule has 0 radical (unpaired) electrons. The Morgan fingerprint density at radius 2 is 1.90 bits per heavy atom. The third-order valence-electron chi connectivity index (χ3n) is 7.08. The molecule has 5 rings (SSSR count). The molecule has 0 bridgehead atoms. The Bertz CT molecular complexity index is 1140. The van der Waals surface area contributed by atoms with Crippen LogP contribution in [-0.4, -0.2) is 52.0 Å². The van der Waals surface area contributed by atoms with Crippen molar-refractivity contribution in [3.05, 3.63) is 51.3 Å². The smallest absolute Gasteiger partial charge is 0.269 e. The van der Waals surface area contributed by atoms with Gasteiger partial charge in [0.1, 0.15) is 5.69 Å². The van der Waals surface area contributed by atoms with Crippen molar-refractivity contribution in [1.29, 1.82) is 0 Å². The number of nitrogens with zero attached hydrogens (tertiary/aromatic N) is 3. The molecule has 0 unspecified atom stereocenters. The minimum atomic E-state index is -0.0481. The number of hydrogen-bond acceptors (Lipinski definition) is 4. The van der Waals surface area contributed by atoms with E-state index in [1.807, 2.05) is 13.0 Å². The van der Waals surface area contributed by atoms with Crippen molar-refractivity contribution in [2.75, 3.05) is 26.3 Å². The van der Waals surface area contributed by atoms with Gasteiger partial charge in [-0.2, -0.15) is 5.10 Å². The maximum Gasteiger partial charge on any atom is 0.269 e. The van der Waals surface area contributed by atoms with E-state index in [4.69, 9.17) is 4.74 Å². The van der Waals surface area contributed by atoms with E-state index in [9.17, 15) is 4.79 Å². The molecule has 6 heteroatoms. The van der Waals surface area contributed by atoms with Gasteiger partial charge in [-0.3, -0.25) is 9.69 Å². The first-order valence-corrected chi connectivity index (χ1v) is 11.4. The Balaban J connectivity index is 1.50. The van der Waals surface area contributed by atoms with Gasteiger partial charge in [0.15, 0.2) is 0 Å². The molecule has 0 atom stereocenters. The van der Waals surface area contributed by atoms with Crippen molar-refractivity contribution in [2.24, 2.45) is 7.05 Å². The molecule has 0 amide bonds. The summed E-state index contributed by atoms with van der Waals surface area (Å²) in [6.45, 7) is 10.4. The molecule has 1 N–H and O–H groups in total. The predicted octanol–water partition coefficient (Wildman–Crippen LogP) is 3.94. The highest BCUT2D eigenvalue weighted by atomic mass is 16.5. The van der Waals surface area contributed by atoms with Crippen LogP contribution in [0.5, 0.6) is 0 Å². The molecule has 4 heterocycles. The number of aryl methyl sites for hydroxylation is 2. The Morgan fingerprint density at radius 3 is 2.52 bits per heavy atom. The second-order valence-corrected chi connectivity index (χ2v) is 9.52. The molecular weight excluding hydrogens is 388 g/mol. The van der Waals surface area contributed by atoms with Crippen LogP contribution >= 0.6 is 0 Å². The van der Waals surface area contributed by atoms with Crippen molar-refractivity contribution in [1.82, 2.24) is 19.7 Å². The fraction of sp³-hybridized carbons (Fsp3) is 0.520. The van der Waals surface area contributed by atoms with E-state index in [-0.39, 0.29) is 5.56 Å². The van der Waals surface area contributed by atoms with Gasteiger partial charge in [-0.15, -0.1) is 0 Å². The number of fused-ring (bicyclic) bond motifs is 1. The van der Waals surface area contributed by atoms with Gasteiger partial charge in [0.25, 0.3) is 5.56 Å². The molecule has 31 heavy (non-hydrogen) atoms. The monoisotopic (exact) mass is 420 g/mol. The molecule has 3 aromatic rings. The van der Waals surface area contributed by atoms with Crippen molar-refractivity contribution in [3.8, 4) is 11.4 Å². The van der Waals surface area contributed by atoms with Gasteiger partial charge in [-0.05, 0) is 74.0 Å². The first-order chi connectivity index (χ1) is 14.9. The number of rotatable bonds is 4. The maximum absolute atomic E-state index is 12.1. The van der Waals surface area contributed by atoms with Crippen LogP contribution in [0.15, 0.2) is 29.1 Å². The lowest BCUT2D eigenvalue weighted by molar-refractivity contribution is -0.0712. The summed E-state index contributed by atoms with van der Waals surface area (Å²) in [6.07, 6.45) is 2.41. The summed E-state index contributed by atoms with van der Waals surface area (Å²) in [4.78, 5) is 18.3. The molecule has 2 aliphatic heterocycles. The lowest BCUT2D eigenvalue weighted by Crippen LogP contribution is -2.51. The number of H-pyrrole nitrogens is 1. The van der Waals surface area contributed by atoms with Crippen LogP contribution in [0.25, 0.3) is 22.3 Å². The van der Waals surface area contributed by atoms with Crippen LogP contribution in [0.2, 0.25) is 0 Å². The highest BCUT2D eigenvalue weighted by Gasteiger charge is 2.30. The zero-order chi connectivity index (χ0) is 21.7. The standard InChI is InChI=1S/C25H32N4O2/c1-15(2)23-20-12-18(17-7-9-29(10-8-17)19-13-31-14-19)5-6-21(20)26-24(23)22-11-16(3)25(30)28(4)27-22/h5-6,11-12,15,17,19,26H,7-10,13-14H2,1-4H3. The van der Waals surface area contributed by atoms with Crippen molar-refractivity contribution < 1.29 is 4.74 Å². The summed E-state index contributed by atoms with van der Waals surface area (Å²) in [6, 6.07) is 9.45. The summed E-state index contributed by atoms with van der Waals surface area (Å²) in [7, 11) is 1.72. The molecule has 0 saturated carbocycles. The highest BCUT2D eigenvalue weighted by molar-refractivity contribution is 5.91. The summed E-state index contributed by atoms with van der Waals surface area (Å²) in [5.41, 5.74) is 6.39. The van der Waals surface area contributed by atoms with Crippen LogP contribution < -0.4 is 5.56 Å². The molecule has 2 saturated heterocycles. The topological polar surface area (TPSA) is 63.2 Å². The van der Waals surface area contributed by atoms with Gasteiger partial charge in [0.05, 0.1) is 24.9 Å². The van der Waals surface area contributed by atoms with Crippen LogP contribution in [0.3, 0.4) is 0 Å². The molecule has 0 aliphatic carbocycles. The summed E-state index contributed by atoms with van der Waals surface area (Å²) >= 11 is 0. The lowest BCUT2D eigenvalue weighted by atomic mass is 9.87. The highest BCUT2D eigenvalue weighted by Crippen LogP contribution is 2.38.